The van der Waals surface area contributed by atoms with Crippen LogP contribution in [0.5, 0.6) is 11.5 Å². The fourth-order valence-corrected chi connectivity index (χ4v) is 2.25. The summed E-state index contributed by atoms with van der Waals surface area (Å²) in [5.74, 6) is -1.15. The van der Waals surface area contributed by atoms with Gasteiger partial charge in [0.25, 0.3) is 5.69 Å². The van der Waals surface area contributed by atoms with Crippen LogP contribution in [0.4, 0.5) is 5.69 Å². The van der Waals surface area contributed by atoms with Crippen LogP contribution < -0.4 is 9.84 Å². The van der Waals surface area contributed by atoms with E-state index in [0.717, 1.165) is 17.2 Å². The van der Waals surface area contributed by atoms with Crippen LogP contribution in [0.15, 0.2) is 36.4 Å². The first-order valence-electron chi connectivity index (χ1n) is 7.16. The lowest BCUT2D eigenvalue weighted by Gasteiger charge is -2.13. The van der Waals surface area contributed by atoms with Crippen molar-refractivity contribution >= 4 is 17.5 Å². The maximum Gasteiger partial charge on any atom is 0.266 e. The van der Waals surface area contributed by atoms with Gasteiger partial charge in [-0.25, -0.2) is 0 Å². The third-order valence-electron chi connectivity index (χ3n) is 3.56. The van der Waals surface area contributed by atoms with Crippen LogP contribution in [0.25, 0.3) is 6.08 Å². The Labute approximate surface area is 139 Å². The predicted molar refractivity (Wildman–Crippen MR) is 88.4 cm³/mol. The molecule has 6 heteroatoms. The standard InChI is InChI=1S/C18H17NO5/c1-11-4-5-12(2)14(8-11)16(20)7-6-13-9-15(19(22)23)18(21)17(10-13)24-3/h4-10,21H,1-3H3/p-1/b7-6+. The molecule has 0 bridgehead atoms. The van der Waals surface area contributed by atoms with Crippen molar-refractivity contribution in [3.8, 4) is 11.5 Å². The number of carbonyl (C=O) groups is 1. The molecule has 0 radical (unpaired) electrons. The number of allylic oxidation sites excluding steroid dienone is 1. The second-order valence-electron chi connectivity index (χ2n) is 5.34. The van der Waals surface area contributed by atoms with Gasteiger partial charge in [-0.15, -0.1) is 0 Å². The number of hydrogen-bond donors (Lipinski definition) is 0. The summed E-state index contributed by atoms with van der Waals surface area (Å²) in [6.45, 7) is 3.72. The minimum atomic E-state index is -0.791. The molecule has 0 heterocycles. The Morgan fingerprint density at radius 2 is 1.92 bits per heavy atom. The Bertz CT molecular complexity index is 840. The van der Waals surface area contributed by atoms with Crippen molar-refractivity contribution in [2.24, 2.45) is 0 Å². The Hall–Kier alpha value is -3.15. The Balaban J connectivity index is 2.38. The topological polar surface area (TPSA) is 92.5 Å². The third kappa shape index (κ3) is 3.60. The van der Waals surface area contributed by atoms with E-state index in [1.165, 1.54) is 25.3 Å². The SMILES string of the molecule is COc1cc(/C=C/C(=O)c2cc(C)ccc2C)cc([N+](=O)[O-])c1[O-]. The third-order valence-corrected chi connectivity index (χ3v) is 3.56. The van der Waals surface area contributed by atoms with Gasteiger partial charge in [-0.1, -0.05) is 23.8 Å². The second kappa shape index (κ2) is 6.95. The molecule has 0 spiro atoms. The van der Waals surface area contributed by atoms with Crippen molar-refractivity contribution < 1.29 is 19.6 Å². The molecule has 6 nitrogen and oxygen atoms in total. The minimum absolute atomic E-state index is 0.136. The van der Waals surface area contributed by atoms with Crippen LogP contribution in [0.2, 0.25) is 0 Å². The number of hydrogen-bond acceptors (Lipinski definition) is 5. The number of nitro benzene ring substituents is 1. The van der Waals surface area contributed by atoms with E-state index in [4.69, 9.17) is 4.74 Å². The minimum Gasteiger partial charge on any atom is -0.865 e. The summed E-state index contributed by atoms with van der Waals surface area (Å²) in [6, 6.07) is 8.04. The van der Waals surface area contributed by atoms with Gasteiger partial charge in [-0.2, -0.15) is 0 Å². The zero-order chi connectivity index (χ0) is 17.9. The summed E-state index contributed by atoms with van der Waals surface area (Å²) in [4.78, 5) is 22.5. The highest BCUT2D eigenvalue weighted by Gasteiger charge is 2.13. The van der Waals surface area contributed by atoms with Gasteiger partial charge in [0.1, 0.15) is 5.75 Å². The highest BCUT2D eigenvalue weighted by Crippen LogP contribution is 2.34. The lowest BCUT2D eigenvalue weighted by molar-refractivity contribution is -0.398. The Morgan fingerprint density at radius 3 is 2.54 bits per heavy atom. The molecule has 0 aliphatic carbocycles. The number of ketones is 1. The molecular formula is C18H16NO5-. The van der Waals surface area contributed by atoms with Crippen molar-refractivity contribution in [2.75, 3.05) is 7.11 Å². The van der Waals surface area contributed by atoms with Gasteiger partial charge in [-0.05, 0) is 43.2 Å². The Kier molecular flexibility index (Phi) is 4.99. The summed E-state index contributed by atoms with van der Waals surface area (Å²) in [5, 5.41) is 22.7. The molecule has 0 unspecified atom stereocenters. The summed E-state index contributed by atoms with van der Waals surface area (Å²) < 4.78 is 4.87. The van der Waals surface area contributed by atoms with E-state index in [2.05, 4.69) is 0 Å². The fraction of sp³-hybridized carbons (Fsp3) is 0.167. The van der Waals surface area contributed by atoms with Gasteiger partial charge in [0, 0.05) is 17.4 Å². The van der Waals surface area contributed by atoms with Crippen LogP contribution in [-0.4, -0.2) is 17.8 Å². The first-order valence-corrected chi connectivity index (χ1v) is 7.16. The summed E-state index contributed by atoms with van der Waals surface area (Å²) >= 11 is 0. The largest absolute Gasteiger partial charge is 0.865 e. The Morgan fingerprint density at radius 1 is 1.21 bits per heavy atom. The first-order chi connectivity index (χ1) is 11.3. The molecule has 2 aromatic carbocycles. The normalized spacial score (nSPS) is 10.8. The predicted octanol–water partition coefficient (Wildman–Crippen LogP) is 3.19. The van der Waals surface area contributed by atoms with Crippen LogP contribution in [0, 0.1) is 24.0 Å². The van der Waals surface area contributed by atoms with Gasteiger partial charge in [-0.3, -0.25) is 14.9 Å². The maximum atomic E-state index is 12.3. The van der Waals surface area contributed by atoms with Crippen LogP contribution in [0.3, 0.4) is 0 Å². The zero-order valence-electron chi connectivity index (χ0n) is 13.5. The fourth-order valence-electron chi connectivity index (χ4n) is 2.25. The molecule has 0 aliphatic rings. The average Bonchev–Trinajstić information content (AvgIpc) is 2.55. The number of aryl methyl sites for hydroxylation is 2. The van der Waals surface area contributed by atoms with E-state index in [1.807, 2.05) is 26.0 Å². The number of ether oxygens (including phenoxy) is 1. The van der Waals surface area contributed by atoms with Crippen LogP contribution >= 0.6 is 0 Å². The summed E-state index contributed by atoms with van der Waals surface area (Å²) in [6.07, 6.45) is 2.75. The number of nitrogens with zero attached hydrogens (tertiary/aromatic N) is 1. The number of methoxy groups -OCH3 is 1. The second-order valence-corrected chi connectivity index (χ2v) is 5.34. The zero-order valence-corrected chi connectivity index (χ0v) is 13.5. The van der Waals surface area contributed by atoms with E-state index in [9.17, 15) is 20.0 Å². The van der Waals surface area contributed by atoms with Gasteiger partial charge in [0.2, 0.25) is 0 Å². The molecule has 24 heavy (non-hydrogen) atoms. The van der Waals surface area contributed by atoms with E-state index in [0.29, 0.717) is 11.1 Å². The van der Waals surface area contributed by atoms with Gasteiger partial charge < -0.3 is 9.84 Å². The number of carbonyl (C=O) groups excluding carboxylic acids is 1. The molecule has 0 N–H and O–H groups in total. The smallest absolute Gasteiger partial charge is 0.266 e. The van der Waals surface area contributed by atoms with Crippen molar-refractivity contribution in [3.05, 3.63) is 68.8 Å². The van der Waals surface area contributed by atoms with Crippen molar-refractivity contribution in [1.82, 2.24) is 0 Å². The van der Waals surface area contributed by atoms with Gasteiger partial charge in [0.05, 0.1) is 12.0 Å². The molecule has 0 atom stereocenters. The van der Waals surface area contributed by atoms with E-state index >= 15 is 0 Å². The van der Waals surface area contributed by atoms with E-state index in [-0.39, 0.29) is 11.5 Å². The van der Waals surface area contributed by atoms with Crippen LogP contribution in [-0.2, 0) is 0 Å². The average molecular weight is 326 g/mol. The van der Waals surface area contributed by atoms with E-state index < -0.39 is 16.4 Å². The summed E-state index contributed by atoms with van der Waals surface area (Å²) in [5.41, 5.74) is 2.12. The monoisotopic (exact) mass is 326 g/mol. The molecule has 124 valence electrons. The highest BCUT2D eigenvalue weighted by atomic mass is 16.6. The highest BCUT2D eigenvalue weighted by molar-refractivity contribution is 6.07. The summed E-state index contributed by atoms with van der Waals surface area (Å²) in [7, 11) is 1.26. The first kappa shape index (κ1) is 17.2. The molecule has 0 fully saturated rings. The molecule has 0 aromatic heterocycles. The molecule has 0 aliphatic heterocycles. The number of benzene rings is 2. The quantitative estimate of drug-likeness (QED) is 0.364. The lowest BCUT2D eigenvalue weighted by atomic mass is 10.0. The number of rotatable bonds is 5. The molecular weight excluding hydrogens is 310 g/mol. The van der Waals surface area contributed by atoms with E-state index in [1.54, 1.807) is 6.07 Å². The lowest BCUT2D eigenvalue weighted by Crippen LogP contribution is -2.02. The van der Waals surface area contributed by atoms with Crippen molar-refractivity contribution in [3.63, 3.8) is 0 Å². The number of nitro groups is 1. The van der Waals surface area contributed by atoms with Crippen molar-refractivity contribution in [2.45, 2.75) is 13.8 Å². The van der Waals surface area contributed by atoms with Crippen LogP contribution in [0.1, 0.15) is 27.0 Å². The molecule has 0 saturated heterocycles. The maximum absolute atomic E-state index is 12.3. The molecule has 2 rings (SSSR count). The molecule has 0 saturated carbocycles. The van der Waals surface area contributed by atoms with Crippen molar-refractivity contribution in [1.29, 1.82) is 0 Å². The molecule has 0 amide bonds. The molecule has 2 aromatic rings. The van der Waals surface area contributed by atoms with Gasteiger partial charge in [0.15, 0.2) is 5.78 Å². The van der Waals surface area contributed by atoms with Gasteiger partial charge >= 0.3 is 0 Å².